The zero-order valence-electron chi connectivity index (χ0n) is 10.1. The second-order valence-corrected chi connectivity index (χ2v) is 4.09. The quantitative estimate of drug-likeness (QED) is 0.791. The van der Waals surface area contributed by atoms with Gasteiger partial charge in [0.25, 0.3) is 0 Å². The molecule has 0 radical (unpaired) electrons. The second kappa shape index (κ2) is 4.82. The van der Waals surface area contributed by atoms with E-state index >= 15 is 0 Å². The van der Waals surface area contributed by atoms with Crippen molar-refractivity contribution in [2.24, 2.45) is 0 Å². The molecule has 0 amide bonds. The number of anilines is 2. The highest BCUT2D eigenvalue weighted by atomic mass is 14.9. The van der Waals surface area contributed by atoms with Crippen molar-refractivity contribution in [1.82, 2.24) is 9.97 Å². The molecule has 3 N–H and O–H groups in total. The van der Waals surface area contributed by atoms with Crippen molar-refractivity contribution in [3.8, 4) is 0 Å². The summed E-state index contributed by atoms with van der Waals surface area (Å²) in [4.78, 5) is 8.47. The third-order valence-corrected chi connectivity index (χ3v) is 2.50. The molecule has 0 atom stereocenters. The Bertz CT molecular complexity index is 505. The van der Waals surface area contributed by atoms with Gasteiger partial charge in [0.1, 0.15) is 0 Å². The largest absolute Gasteiger partial charge is 0.397 e. The number of nitrogens with two attached hydrogens (primary N) is 1. The third-order valence-electron chi connectivity index (χ3n) is 2.50. The van der Waals surface area contributed by atoms with Gasteiger partial charge in [0.15, 0.2) is 0 Å². The van der Waals surface area contributed by atoms with Crippen LogP contribution in [0.15, 0.2) is 30.6 Å². The summed E-state index contributed by atoms with van der Waals surface area (Å²) in [7, 11) is 0. The van der Waals surface area contributed by atoms with Crippen molar-refractivity contribution < 1.29 is 0 Å². The summed E-state index contributed by atoms with van der Waals surface area (Å²) >= 11 is 0. The van der Waals surface area contributed by atoms with E-state index in [1.807, 2.05) is 32.0 Å². The average molecular weight is 228 g/mol. The fraction of sp³-hybridized carbons (Fsp3) is 0.231. The van der Waals surface area contributed by atoms with E-state index in [2.05, 4.69) is 15.3 Å². The molecule has 2 rings (SSSR count). The molecule has 2 aromatic rings. The Labute approximate surface area is 101 Å². The molecule has 0 aliphatic rings. The van der Waals surface area contributed by atoms with Crippen molar-refractivity contribution in [3.63, 3.8) is 0 Å². The van der Waals surface area contributed by atoms with Gasteiger partial charge in [0.05, 0.1) is 35.5 Å². The predicted octanol–water partition coefficient (Wildman–Crippen LogP) is 2.29. The molecule has 88 valence electrons. The van der Waals surface area contributed by atoms with Crippen LogP contribution < -0.4 is 11.1 Å². The van der Waals surface area contributed by atoms with Gasteiger partial charge in [0.2, 0.25) is 0 Å². The number of aryl methyl sites for hydroxylation is 2. The summed E-state index contributed by atoms with van der Waals surface area (Å²) in [5.74, 6) is 0. The molecule has 0 saturated heterocycles. The zero-order valence-corrected chi connectivity index (χ0v) is 10.1. The summed E-state index contributed by atoms with van der Waals surface area (Å²) in [6, 6.07) is 5.95. The highest BCUT2D eigenvalue weighted by molar-refractivity contribution is 5.66. The van der Waals surface area contributed by atoms with Gasteiger partial charge >= 0.3 is 0 Å². The molecule has 0 aliphatic carbocycles. The molecule has 0 bridgehead atoms. The Morgan fingerprint density at radius 1 is 1.18 bits per heavy atom. The van der Waals surface area contributed by atoms with Crippen LogP contribution in [0.5, 0.6) is 0 Å². The van der Waals surface area contributed by atoms with Crippen molar-refractivity contribution in [2.45, 2.75) is 20.4 Å². The summed E-state index contributed by atoms with van der Waals surface area (Å²) < 4.78 is 0. The SMILES string of the molecule is Cc1ccc(NCc2cnc(C)cn2)c(N)c1. The Morgan fingerprint density at radius 2 is 2.00 bits per heavy atom. The molecular weight excluding hydrogens is 212 g/mol. The first-order valence-corrected chi connectivity index (χ1v) is 5.52. The van der Waals surface area contributed by atoms with Crippen molar-refractivity contribution in [3.05, 3.63) is 47.5 Å². The number of nitrogens with one attached hydrogen (secondary N) is 1. The molecule has 0 aliphatic heterocycles. The van der Waals surface area contributed by atoms with Crippen LogP contribution in [0.4, 0.5) is 11.4 Å². The summed E-state index contributed by atoms with van der Waals surface area (Å²) in [6.07, 6.45) is 3.53. The van der Waals surface area contributed by atoms with Crippen LogP contribution >= 0.6 is 0 Å². The maximum atomic E-state index is 5.91. The van der Waals surface area contributed by atoms with Crippen LogP contribution in [0.25, 0.3) is 0 Å². The molecular formula is C13H16N4. The molecule has 17 heavy (non-hydrogen) atoms. The van der Waals surface area contributed by atoms with E-state index in [9.17, 15) is 0 Å². The molecule has 4 heteroatoms. The van der Waals surface area contributed by atoms with E-state index in [0.29, 0.717) is 6.54 Å². The molecule has 0 unspecified atom stereocenters. The van der Waals surface area contributed by atoms with Gasteiger partial charge in [-0.2, -0.15) is 0 Å². The maximum Gasteiger partial charge on any atom is 0.0777 e. The van der Waals surface area contributed by atoms with E-state index in [4.69, 9.17) is 5.73 Å². The number of nitrogen functional groups attached to an aromatic ring is 1. The van der Waals surface area contributed by atoms with Crippen molar-refractivity contribution in [1.29, 1.82) is 0 Å². The highest BCUT2D eigenvalue weighted by Gasteiger charge is 2.00. The maximum absolute atomic E-state index is 5.91. The second-order valence-electron chi connectivity index (χ2n) is 4.09. The number of aromatic nitrogens is 2. The first-order chi connectivity index (χ1) is 8.15. The van der Waals surface area contributed by atoms with Gasteiger partial charge in [-0.1, -0.05) is 6.07 Å². The minimum Gasteiger partial charge on any atom is -0.397 e. The van der Waals surface area contributed by atoms with E-state index in [1.54, 1.807) is 12.4 Å². The van der Waals surface area contributed by atoms with Crippen LogP contribution in [-0.4, -0.2) is 9.97 Å². The van der Waals surface area contributed by atoms with Gasteiger partial charge in [0, 0.05) is 6.20 Å². The number of nitrogens with zero attached hydrogens (tertiary/aromatic N) is 2. The third kappa shape index (κ3) is 2.93. The van der Waals surface area contributed by atoms with Gasteiger partial charge < -0.3 is 11.1 Å². The van der Waals surface area contributed by atoms with Gasteiger partial charge in [-0.3, -0.25) is 9.97 Å². The summed E-state index contributed by atoms with van der Waals surface area (Å²) in [5.41, 5.74) is 10.6. The lowest BCUT2D eigenvalue weighted by Crippen LogP contribution is -2.04. The number of hydrogen-bond acceptors (Lipinski definition) is 4. The lowest BCUT2D eigenvalue weighted by molar-refractivity contribution is 0.985. The Kier molecular flexibility index (Phi) is 3.23. The highest BCUT2D eigenvalue weighted by Crippen LogP contribution is 2.19. The predicted molar refractivity (Wildman–Crippen MR) is 69.7 cm³/mol. The minimum absolute atomic E-state index is 0.626. The molecule has 0 fully saturated rings. The standard InChI is InChI=1S/C13H16N4/c1-9-3-4-13(12(14)5-9)17-8-11-7-15-10(2)6-16-11/h3-7,17H,8,14H2,1-2H3. The van der Waals surface area contributed by atoms with E-state index in [-0.39, 0.29) is 0 Å². The number of benzene rings is 1. The lowest BCUT2D eigenvalue weighted by atomic mass is 10.2. The number of rotatable bonds is 3. The van der Waals surface area contributed by atoms with Crippen molar-refractivity contribution in [2.75, 3.05) is 11.1 Å². The molecule has 1 heterocycles. The first-order valence-electron chi connectivity index (χ1n) is 5.52. The average Bonchev–Trinajstić information content (AvgIpc) is 2.30. The van der Waals surface area contributed by atoms with Crippen LogP contribution in [-0.2, 0) is 6.54 Å². The normalized spacial score (nSPS) is 10.2. The fourth-order valence-corrected chi connectivity index (χ4v) is 1.54. The topological polar surface area (TPSA) is 63.8 Å². The first kappa shape index (κ1) is 11.4. The monoisotopic (exact) mass is 228 g/mol. The zero-order chi connectivity index (χ0) is 12.3. The molecule has 0 spiro atoms. The van der Waals surface area contributed by atoms with Gasteiger partial charge in [-0.05, 0) is 31.5 Å². The molecule has 1 aromatic heterocycles. The van der Waals surface area contributed by atoms with E-state index in [0.717, 1.165) is 28.3 Å². The lowest BCUT2D eigenvalue weighted by Gasteiger charge is -2.09. The van der Waals surface area contributed by atoms with Gasteiger partial charge in [-0.15, -0.1) is 0 Å². The molecule has 0 saturated carbocycles. The Balaban J connectivity index is 2.04. The summed E-state index contributed by atoms with van der Waals surface area (Å²) in [6.45, 7) is 4.56. The Hall–Kier alpha value is -2.10. The smallest absolute Gasteiger partial charge is 0.0777 e. The van der Waals surface area contributed by atoms with Crippen LogP contribution in [0, 0.1) is 13.8 Å². The van der Waals surface area contributed by atoms with Crippen LogP contribution in [0.2, 0.25) is 0 Å². The molecule has 4 nitrogen and oxygen atoms in total. The number of hydrogen-bond donors (Lipinski definition) is 2. The van der Waals surface area contributed by atoms with Crippen molar-refractivity contribution >= 4 is 11.4 Å². The van der Waals surface area contributed by atoms with E-state index < -0.39 is 0 Å². The van der Waals surface area contributed by atoms with E-state index in [1.165, 1.54) is 0 Å². The van der Waals surface area contributed by atoms with Gasteiger partial charge in [-0.25, -0.2) is 0 Å². The van der Waals surface area contributed by atoms with Crippen LogP contribution in [0.1, 0.15) is 17.0 Å². The fourth-order valence-electron chi connectivity index (χ4n) is 1.54. The minimum atomic E-state index is 0.626. The summed E-state index contributed by atoms with van der Waals surface area (Å²) in [5, 5.41) is 3.25. The molecule has 1 aromatic carbocycles. The Morgan fingerprint density at radius 3 is 2.65 bits per heavy atom. The van der Waals surface area contributed by atoms with Crippen LogP contribution in [0.3, 0.4) is 0 Å².